The van der Waals surface area contributed by atoms with E-state index in [9.17, 15) is 77.6 Å². The fraction of sp³-hybridized carbons (Fsp3) is 0.612. The van der Waals surface area contributed by atoms with Crippen LogP contribution in [-0.2, 0) is 81.6 Å². The summed E-state index contributed by atoms with van der Waals surface area (Å²) in [6.45, 7) is 5.55. The first-order valence-electron chi connectivity index (χ1n) is 35.2. The normalized spacial score (nSPS) is 14.6. The number of imidazole rings is 2. The van der Waals surface area contributed by atoms with Gasteiger partial charge in [-0.15, -0.1) is 0 Å². The number of H-pyrrole nitrogens is 2. The molecule has 28 N–H and O–H groups in total. The van der Waals surface area contributed by atoms with Crippen molar-refractivity contribution in [2.45, 2.75) is 203 Å². The summed E-state index contributed by atoms with van der Waals surface area (Å²) in [5, 5.41) is 68.9. The molecule has 3 aromatic rings. The van der Waals surface area contributed by atoms with Gasteiger partial charge in [0.1, 0.15) is 66.5 Å². The molecule has 0 spiro atoms. The number of aliphatic hydroxyl groups excluding tert-OH is 2. The second-order valence-electron chi connectivity index (χ2n) is 26.3. The Balaban J connectivity index is 1.90. The molecular formula is C67H110N22O16S. The minimum absolute atomic E-state index is 0.00607. The van der Waals surface area contributed by atoms with Gasteiger partial charge in [0.15, 0.2) is 5.96 Å². The third-order valence-corrected chi connectivity index (χ3v) is 17.1. The highest BCUT2D eigenvalue weighted by Crippen LogP contribution is 2.14. The van der Waals surface area contributed by atoms with Crippen molar-refractivity contribution in [1.29, 1.82) is 5.41 Å². The number of aromatic amines is 2. The number of hydrogen-bond donors (Lipinski definition) is 23. The number of aromatic nitrogens is 4. The lowest BCUT2D eigenvalue weighted by molar-refractivity contribution is -0.142. The largest absolute Gasteiger partial charge is 0.480 e. The zero-order valence-corrected chi connectivity index (χ0v) is 61.5. The van der Waals surface area contributed by atoms with E-state index in [2.05, 4.69) is 83.7 Å². The van der Waals surface area contributed by atoms with Crippen LogP contribution in [0.4, 0.5) is 0 Å². The van der Waals surface area contributed by atoms with Crippen LogP contribution in [0.5, 0.6) is 0 Å². The zero-order valence-electron chi connectivity index (χ0n) is 60.7. The van der Waals surface area contributed by atoms with Crippen LogP contribution in [0.1, 0.15) is 128 Å². The minimum Gasteiger partial charge on any atom is -0.480 e. The summed E-state index contributed by atoms with van der Waals surface area (Å²) >= 11 is 1.27. The van der Waals surface area contributed by atoms with Crippen molar-refractivity contribution in [3.8, 4) is 0 Å². The third-order valence-electron chi connectivity index (χ3n) is 16.5. The van der Waals surface area contributed by atoms with Gasteiger partial charge >= 0.3 is 5.97 Å². The number of carboxylic acids is 1. The molecule has 106 heavy (non-hydrogen) atoms. The Morgan fingerprint density at radius 1 is 0.472 bits per heavy atom. The lowest BCUT2D eigenvalue weighted by atomic mass is 10.0. The number of amides is 12. The standard InChI is InChI=1S/C67H110N22O16S/c1-37(2)26-48(85-62(100)50(29-40-31-74-35-77-40)87-65(103)53(34-91)88-61(99)49(27-38(3)4)84-57(95)43(16-9-11-22-68)79-55(93)42(70)28-39-14-7-6-8-15-39)60(98)81-45(19-20-54(71)92)58(96)82-46(21-25-106-5)59(97)86-51(30-41-32-75-36-78-41)63(101)89-52(33-90)64(102)80-44(18-13-24-76-67(72)73)56(94)83-47(66(104)105)17-10-12-23-69/h6-8,14-15,31-32,35-38,42-53,90-91H,9-13,16-30,33-34,68-70H2,1-5H3,(H2,71,92)(H,74,77)(H,75,78)(H,79,93)(H,80,102)(H,81,98)(H,82,96)(H,83,94)(H,84,95)(H,85,100)(H,86,97)(H,87,103)(H,88,99)(H,89,101)(H,104,105)(H4,72,73,76)/t42-,43-,44-,45-,46-,47-,48-,49-,50-,51-,52-,53-/m0/s1. The third kappa shape index (κ3) is 34.4. The molecule has 0 fully saturated rings. The van der Waals surface area contributed by atoms with Crippen LogP contribution in [0.15, 0.2) is 55.4 Å². The minimum atomic E-state index is -1.80. The molecule has 39 heteroatoms. The maximum absolute atomic E-state index is 14.6. The molecule has 12 amide bonds. The van der Waals surface area contributed by atoms with Gasteiger partial charge < -0.3 is 118 Å². The Morgan fingerprint density at radius 3 is 1.22 bits per heavy atom. The summed E-state index contributed by atoms with van der Waals surface area (Å²) in [6.07, 6.45) is 7.35. The molecule has 2 heterocycles. The molecule has 0 unspecified atom stereocenters. The monoisotopic (exact) mass is 1510 g/mol. The summed E-state index contributed by atoms with van der Waals surface area (Å²) in [4.78, 5) is 194. The van der Waals surface area contributed by atoms with E-state index < -0.39 is 175 Å². The van der Waals surface area contributed by atoms with E-state index in [1.807, 2.05) is 6.07 Å². The molecule has 590 valence electrons. The predicted octanol–water partition coefficient (Wildman–Crippen LogP) is -5.48. The fourth-order valence-corrected chi connectivity index (χ4v) is 11.2. The second-order valence-corrected chi connectivity index (χ2v) is 27.3. The Bertz CT molecular complexity index is 3280. The quantitative estimate of drug-likeness (QED) is 0.0142. The first-order chi connectivity index (χ1) is 50.4. The summed E-state index contributed by atoms with van der Waals surface area (Å²) in [5.41, 5.74) is 29.7. The molecule has 38 nitrogen and oxygen atoms in total. The van der Waals surface area contributed by atoms with E-state index in [0.29, 0.717) is 32.2 Å². The molecule has 0 aliphatic heterocycles. The van der Waals surface area contributed by atoms with Crippen molar-refractivity contribution in [1.82, 2.24) is 83.7 Å². The molecule has 0 saturated heterocycles. The smallest absolute Gasteiger partial charge is 0.326 e. The predicted molar refractivity (Wildman–Crippen MR) is 391 cm³/mol. The van der Waals surface area contributed by atoms with Crippen molar-refractivity contribution in [2.75, 3.05) is 44.9 Å². The number of primary amides is 1. The maximum atomic E-state index is 14.6. The molecule has 1 aromatic carbocycles. The average Bonchev–Trinajstić information content (AvgIpc) is 1.11. The molecule has 0 aliphatic carbocycles. The van der Waals surface area contributed by atoms with Gasteiger partial charge in [-0.25, -0.2) is 14.8 Å². The number of benzene rings is 1. The van der Waals surface area contributed by atoms with Gasteiger partial charge in [0, 0.05) is 38.2 Å². The molecule has 0 aliphatic rings. The number of aliphatic hydroxyl groups is 2. The van der Waals surface area contributed by atoms with Crippen LogP contribution in [0.3, 0.4) is 0 Å². The summed E-state index contributed by atoms with van der Waals surface area (Å²) in [7, 11) is 0. The number of hydrogen-bond acceptors (Lipinski definition) is 22. The van der Waals surface area contributed by atoms with Crippen LogP contribution in [0.2, 0.25) is 0 Å². The maximum Gasteiger partial charge on any atom is 0.326 e. The molecule has 0 bridgehead atoms. The molecule has 3 rings (SSSR count). The number of nitrogens with one attached hydrogen (secondary N) is 15. The number of nitrogens with two attached hydrogens (primary N) is 5. The van der Waals surface area contributed by atoms with Gasteiger partial charge in [-0.2, -0.15) is 11.8 Å². The zero-order chi connectivity index (χ0) is 78.8. The topological polar surface area (TPSA) is 638 Å². The molecular weight excluding hydrogens is 1400 g/mol. The number of guanidine groups is 1. The second kappa shape index (κ2) is 49.1. The number of nitrogens with zero attached hydrogens (tertiary/aromatic N) is 2. The Kier molecular flexibility index (Phi) is 41.8. The number of unbranched alkanes of at least 4 members (excludes halogenated alkanes) is 2. The van der Waals surface area contributed by atoms with Crippen LogP contribution in [0, 0.1) is 17.2 Å². The molecule has 0 radical (unpaired) electrons. The van der Waals surface area contributed by atoms with E-state index in [1.165, 1.54) is 36.8 Å². The van der Waals surface area contributed by atoms with E-state index in [4.69, 9.17) is 34.1 Å². The van der Waals surface area contributed by atoms with Crippen molar-refractivity contribution in [3.63, 3.8) is 0 Å². The molecule has 0 saturated carbocycles. The van der Waals surface area contributed by atoms with Crippen molar-refractivity contribution in [3.05, 3.63) is 72.3 Å². The molecule has 12 atom stereocenters. The highest BCUT2D eigenvalue weighted by atomic mass is 32.2. The van der Waals surface area contributed by atoms with Gasteiger partial charge in [-0.05, 0) is 126 Å². The lowest BCUT2D eigenvalue weighted by Crippen LogP contribution is -2.61. The first-order valence-corrected chi connectivity index (χ1v) is 36.6. The highest BCUT2D eigenvalue weighted by molar-refractivity contribution is 7.98. The number of aliphatic carboxylic acids is 1. The van der Waals surface area contributed by atoms with Crippen LogP contribution in [-0.4, -0.2) is 235 Å². The Labute approximate surface area is 619 Å². The SMILES string of the molecule is CSCC[C@H](NC(=O)[C@H](CCC(N)=O)NC(=O)[C@H](CC(C)C)NC(=O)[C@H](Cc1c[nH]cn1)NC(=O)[C@H](CO)NC(=O)[C@H](CC(C)C)NC(=O)[C@H](CCCCN)NC(=O)[C@@H](N)Cc1ccccc1)C(=O)N[C@@H](Cc1c[nH]cn1)C(=O)N[C@@H](CO)C(=O)N[C@@H](CCCNC(=N)N)C(=O)N[C@@H](CCCCN)C(=O)O. The number of rotatable bonds is 53. The van der Waals surface area contributed by atoms with Crippen LogP contribution < -0.4 is 92.5 Å². The van der Waals surface area contributed by atoms with Crippen molar-refractivity contribution in [2.24, 2.45) is 40.5 Å². The van der Waals surface area contributed by atoms with Gasteiger partial charge in [-0.3, -0.25) is 62.9 Å². The van der Waals surface area contributed by atoms with E-state index >= 15 is 0 Å². The highest BCUT2D eigenvalue weighted by Gasteiger charge is 2.38. The average molecular weight is 1510 g/mol. The van der Waals surface area contributed by atoms with E-state index in [-0.39, 0.29) is 112 Å². The first kappa shape index (κ1) is 90.4. The Hall–Kier alpha value is -9.83. The van der Waals surface area contributed by atoms with Gasteiger partial charge in [0.05, 0.1) is 43.3 Å². The lowest BCUT2D eigenvalue weighted by Gasteiger charge is -2.28. The molecule has 2 aromatic heterocycles. The number of carbonyl (C=O) groups excluding carboxylic acids is 12. The van der Waals surface area contributed by atoms with Gasteiger partial charge in [0.25, 0.3) is 0 Å². The summed E-state index contributed by atoms with van der Waals surface area (Å²) in [5.74, 6) is -13.4. The summed E-state index contributed by atoms with van der Waals surface area (Å²) in [6, 6.07) is -8.68. The van der Waals surface area contributed by atoms with E-state index in [0.717, 1.165) is 5.56 Å². The van der Waals surface area contributed by atoms with Crippen molar-refractivity contribution < 1.29 is 77.6 Å². The van der Waals surface area contributed by atoms with Crippen LogP contribution >= 0.6 is 11.8 Å². The van der Waals surface area contributed by atoms with Crippen molar-refractivity contribution >= 4 is 94.6 Å². The Morgan fingerprint density at radius 2 is 0.830 bits per heavy atom. The number of carboxylic acid groups (broad SMARTS) is 1. The number of thioether (sulfide) groups is 1. The fourth-order valence-electron chi connectivity index (χ4n) is 10.8. The van der Waals surface area contributed by atoms with E-state index in [1.54, 1.807) is 58.2 Å². The summed E-state index contributed by atoms with van der Waals surface area (Å²) < 4.78 is 0. The number of carbonyl (C=O) groups is 13. The van der Waals surface area contributed by atoms with Gasteiger partial charge in [-0.1, -0.05) is 58.0 Å². The van der Waals surface area contributed by atoms with Gasteiger partial charge in [0.2, 0.25) is 70.9 Å². The van der Waals surface area contributed by atoms with Crippen LogP contribution in [0.25, 0.3) is 0 Å².